The Morgan fingerprint density at radius 1 is 0.739 bits per heavy atom. The quantitative estimate of drug-likeness (QED) is 0.227. The SMILES string of the molecule is CNC(=O)c1ccc(C[C@@H](CN)NC(=O)OC(C)(C)C)cc1F.CNC(=O)c1ccc(C[C@@H](CO)NC(=O)OC(C)(C)C)cc1F. The van der Waals surface area contributed by atoms with Crippen LogP contribution in [0.5, 0.6) is 0 Å². The molecule has 0 heterocycles. The molecule has 0 aliphatic carbocycles. The Balaban J connectivity index is 0.000000460. The summed E-state index contributed by atoms with van der Waals surface area (Å²) in [6, 6.07) is 7.45. The molecule has 2 aromatic rings. The van der Waals surface area contributed by atoms with E-state index in [4.69, 9.17) is 15.2 Å². The number of carbonyl (C=O) groups excluding carboxylic acids is 4. The lowest BCUT2D eigenvalue weighted by Crippen LogP contribution is -2.44. The third kappa shape index (κ3) is 14.7. The van der Waals surface area contributed by atoms with E-state index >= 15 is 0 Å². The first kappa shape index (κ1) is 39.7. The summed E-state index contributed by atoms with van der Waals surface area (Å²) >= 11 is 0. The summed E-state index contributed by atoms with van der Waals surface area (Å²) in [6.45, 7) is 10.3. The van der Waals surface area contributed by atoms with Gasteiger partial charge in [0.1, 0.15) is 22.8 Å². The number of alkyl carbamates (subject to hydrolysis) is 2. The highest BCUT2D eigenvalue weighted by Crippen LogP contribution is 2.15. The topological polar surface area (TPSA) is 181 Å². The summed E-state index contributed by atoms with van der Waals surface area (Å²) < 4.78 is 38.1. The molecule has 0 fully saturated rings. The van der Waals surface area contributed by atoms with E-state index in [9.17, 15) is 33.1 Å². The molecule has 2 aromatic carbocycles. The minimum atomic E-state index is -0.657. The second-order valence-corrected chi connectivity index (χ2v) is 12.3. The van der Waals surface area contributed by atoms with Gasteiger partial charge in [-0.2, -0.15) is 0 Å². The fourth-order valence-electron chi connectivity index (χ4n) is 3.88. The van der Waals surface area contributed by atoms with Gasteiger partial charge in [-0.25, -0.2) is 18.4 Å². The maximum absolute atomic E-state index is 13.9. The van der Waals surface area contributed by atoms with Crippen LogP contribution >= 0.6 is 0 Å². The molecule has 0 aliphatic rings. The van der Waals surface area contributed by atoms with Crippen molar-refractivity contribution in [2.24, 2.45) is 5.73 Å². The van der Waals surface area contributed by atoms with Crippen LogP contribution in [0.15, 0.2) is 36.4 Å². The summed E-state index contributed by atoms with van der Waals surface area (Å²) in [5, 5.41) is 19.3. The number of halogens is 2. The highest BCUT2D eigenvalue weighted by molar-refractivity contribution is 5.94. The minimum absolute atomic E-state index is 0.0272. The zero-order chi connectivity index (χ0) is 35.2. The average Bonchev–Trinajstić information content (AvgIpc) is 2.94. The van der Waals surface area contributed by atoms with Gasteiger partial charge < -0.3 is 41.6 Å². The van der Waals surface area contributed by atoms with Crippen molar-refractivity contribution in [3.8, 4) is 0 Å². The molecule has 4 amide bonds. The summed E-state index contributed by atoms with van der Waals surface area (Å²) in [5.41, 5.74) is 5.48. The third-order valence-electron chi connectivity index (χ3n) is 5.92. The van der Waals surface area contributed by atoms with E-state index in [1.54, 1.807) is 53.7 Å². The molecular formula is C32H47F2N5O7. The number of aliphatic hydroxyl groups excluding tert-OH is 1. The van der Waals surface area contributed by atoms with Crippen molar-refractivity contribution in [3.63, 3.8) is 0 Å². The largest absolute Gasteiger partial charge is 0.444 e. The molecular weight excluding hydrogens is 604 g/mol. The molecule has 0 saturated heterocycles. The van der Waals surface area contributed by atoms with Crippen molar-refractivity contribution in [1.29, 1.82) is 0 Å². The number of carbonyl (C=O) groups is 4. The average molecular weight is 652 g/mol. The summed E-state index contributed by atoms with van der Waals surface area (Å²) in [6.07, 6.45) is -0.684. The molecule has 14 heteroatoms. The van der Waals surface area contributed by atoms with Crippen molar-refractivity contribution < 1.29 is 42.5 Å². The highest BCUT2D eigenvalue weighted by atomic mass is 19.1. The lowest BCUT2D eigenvalue weighted by atomic mass is 10.0. The first-order valence-electron chi connectivity index (χ1n) is 14.6. The first-order chi connectivity index (χ1) is 21.3. The van der Waals surface area contributed by atoms with E-state index < -0.39 is 58.9 Å². The van der Waals surface area contributed by atoms with Gasteiger partial charge in [0, 0.05) is 26.7 Å². The Kier molecular flexibility index (Phi) is 15.5. The number of hydrogen-bond donors (Lipinski definition) is 6. The van der Waals surface area contributed by atoms with Gasteiger partial charge in [0.05, 0.1) is 23.8 Å². The Bertz CT molecular complexity index is 1240. The lowest BCUT2D eigenvalue weighted by Gasteiger charge is -2.23. The molecule has 46 heavy (non-hydrogen) atoms. The molecule has 0 spiro atoms. The number of hydrogen-bond acceptors (Lipinski definition) is 8. The number of rotatable bonds is 10. The van der Waals surface area contributed by atoms with Crippen molar-refractivity contribution in [1.82, 2.24) is 21.3 Å². The van der Waals surface area contributed by atoms with E-state index in [-0.39, 0.29) is 30.7 Å². The third-order valence-corrected chi connectivity index (χ3v) is 5.92. The van der Waals surface area contributed by atoms with Crippen LogP contribution in [0.1, 0.15) is 73.4 Å². The van der Waals surface area contributed by atoms with Crippen LogP contribution in [-0.4, -0.2) is 79.6 Å². The van der Waals surface area contributed by atoms with Crippen LogP contribution in [0.3, 0.4) is 0 Å². The summed E-state index contributed by atoms with van der Waals surface area (Å²) in [7, 11) is 2.85. The molecule has 7 N–H and O–H groups in total. The highest BCUT2D eigenvalue weighted by Gasteiger charge is 2.21. The molecule has 0 aromatic heterocycles. The lowest BCUT2D eigenvalue weighted by molar-refractivity contribution is 0.0478. The normalized spacial score (nSPS) is 12.4. The zero-order valence-corrected chi connectivity index (χ0v) is 27.7. The van der Waals surface area contributed by atoms with Gasteiger partial charge in [-0.15, -0.1) is 0 Å². The molecule has 0 radical (unpaired) electrons. The number of amides is 4. The Labute approximate surface area is 268 Å². The van der Waals surface area contributed by atoms with Crippen LogP contribution in [0, 0.1) is 11.6 Å². The van der Waals surface area contributed by atoms with Crippen LogP contribution < -0.4 is 27.0 Å². The van der Waals surface area contributed by atoms with Gasteiger partial charge in [-0.1, -0.05) is 12.1 Å². The van der Waals surface area contributed by atoms with Crippen LogP contribution in [0.4, 0.5) is 18.4 Å². The summed E-state index contributed by atoms with van der Waals surface area (Å²) in [4.78, 5) is 46.3. The second-order valence-electron chi connectivity index (χ2n) is 12.3. The Hall–Kier alpha value is -4.30. The second kappa shape index (κ2) is 18.0. The van der Waals surface area contributed by atoms with Gasteiger partial charge in [0.25, 0.3) is 11.8 Å². The van der Waals surface area contributed by atoms with Crippen LogP contribution in [-0.2, 0) is 22.3 Å². The minimum Gasteiger partial charge on any atom is -0.444 e. The molecule has 2 atom stereocenters. The zero-order valence-electron chi connectivity index (χ0n) is 27.7. The van der Waals surface area contributed by atoms with Crippen molar-refractivity contribution in [2.45, 2.75) is 77.7 Å². The van der Waals surface area contributed by atoms with E-state index in [1.807, 2.05) is 0 Å². The van der Waals surface area contributed by atoms with Crippen molar-refractivity contribution in [3.05, 3.63) is 70.3 Å². The number of nitrogens with two attached hydrogens (primary N) is 1. The van der Waals surface area contributed by atoms with Crippen molar-refractivity contribution >= 4 is 24.0 Å². The number of aliphatic hydroxyl groups is 1. The molecule has 2 rings (SSSR count). The van der Waals surface area contributed by atoms with Gasteiger partial charge in [-0.05, 0) is 89.8 Å². The Morgan fingerprint density at radius 3 is 1.41 bits per heavy atom. The molecule has 256 valence electrons. The predicted octanol–water partition coefficient (Wildman–Crippen LogP) is 3.19. The van der Waals surface area contributed by atoms with Gasteiger partial charge >= 0.3 is 12.2 Å². The molecule has 0 saturated carbocycles. The molecule has 12 nitrogen and oxygen atoms in total. The van der Waals surface area contributed by atoms with E-state index in [0.717, 1.165) is 0 Å². The monoisotopic (exact) mass is 651 g/mol. The maximum Gasteiger partial charge on any atom is 0.407 e. The predicted molar refractivity (Wildman–Crippen MR) is 169 cm³/mol. The van der Waals surface area contributed by atoms with Crippen LogP contribution in [0.2, 0.25) is 0 Å². The fraction of sp³-hybridized carbons (Fsp3) is 0.500. The maximum atomic E-state index is 13.9. The van der Waals surface area contributed by atoms with Crippen molar-refractivity contribution in [2.75, 3.05) is 27.2 Å². The number of ether oxygens (including phenoxy) is 2. The molecule has 0 aliphatic heterocycles. The smallest absolute Gasteiger partial charge is 0.407 e. The van der Waals surface area contributed by atoms with Gasteiger partial charge in [0.15, 0.2) is 0 Å². The summed E-state index contributed by atoms with van der Waals surface area (Å²) in [5.74, 6) is -2.28. The van der Waals surface area contributed by atoms with E-state index in [1.165, 1.54) is 38.4 Å². The van der Waals surface area contributed by atoms with Gasteiger partial charge in [-0.3, -0.25) is 9.59 Å². The first-order valence-corrected chi connectivity index (χ1v) is 14.6. The standard InChI is InChI=1S/C16H24FN3O3.C16H23FN2O4/c1-16(2,3)23-15(22)20-11(9-18)7-10-5-6-12(13(17)8-10)14(21)19-4;1-16(2,3)23-15(22)19-11(9-20)7-10-5-6-12(13(17)8-10)14(21)18-4/h5-6,8,11H,7,9,18H2,1-4H3,(H,19,21)(H,20,22);5-6,8,11,20H,7,9H2,1-4H3,(H,18,21)(H,19,22)/t2*11-/m00/s1. The molecule has 0 bridgehead atoms. The number of nitrogens with one attached hydrogen (secondary N) is 4. The van der Waals surface area contributed by atoms with E-state index in [0.29, 0.717) is 17.5 Å². The Morgan fingerprint density at radius 2 is 1.11 bits per heavy atom. The van der Waals surface area contributed by atoms with Gasteiger partial charge in [0.2, 0.25) is 0 Å². The van der Waals surface area contributed by atoms with E-state index in [2.05, 4.69) is 21.3 Å². The fourth-order valence-corrected chi connectivity index (χ4v) is 3.88. The van der Waals surface area contributed by atoms with Crippen LogP contribution in [0.25, 0.3) is 0 Å². The molecule has 0 unspecified atom stereocenters. The number of benzene rings is 2.